The van der Waals surface area contributed by atoms with Gasteiger partial charge in [-0.15, -0.1) is 0 Å². The van der Waals surface area contributed by atoms with E-state index in [2.05, 4.69) is 17.1 Å². The summed E-state index contributed by atoms with van der Waals surface area (Å²) in [5, 5.41) is 3.08. The second-order valence-corrected chi connectivity index (χ2v) is 4.41. The van der Waals surface area contributed by atoms with Crippen LogP contribution in [0.5, 0.6) is 0 Å². The molecule has 3 nitrogen and oxygen atoms in total. The van der Waals surface area contributed by atoms with Crippen LogP contribution in [0, 0.1) is 5.92 Å². The van der Waals surface area contributed by atoms with Gasteiger partial charge in [0.2, 0.25) is 0 Å². The summed E-state index contributed by atoms with van der Waals surface area (Å²) in [7, 11) is 1.96. The van der Waals surface area contributed by atoms with Gasteiger partial charge >= 0.3 is 0 Å². The molecule has 1 rings (SSSR count). The third-order valence-corrected chi connectivity index (χ3v) is 3.33. The molecule has 0 aromatic carbocycles. The molecule has 0 aliphatic carbocycles. The summed E-state index contributed by atoms with van der Waals surface area (Å²) in [5.74, 6) is 0.978. The second kappa shape index (κ2) is 8.08. The summed E-state index contributed by atoms with van der Waals surface area (Å²) in [6, 6.07) is 0. The molecule has 1 saturated heterocycles. The molecule has 0 unspecified atom stereocenters. The maximum atomic E-state index is 5.53. The van der Waals surface area contributed by atoms with Gasteiger partial charge in [-0.3, -0.25) is 0 Å². The second-order valence-electron chi connectivity index (χ2n) is 4.41. The van der Waals surface area contributed by atoms with Gasteiger partial charge < -0.3 is 15.0 Å². The minimum Gasteiger partial charge on any atom is -0.379 e. The molecule has 15 heavy (non-hydrogen) atoms. The Bertz CT molecular complexity index is 145. The lowest BCUT2D eigenvalue weighted by molar-refractivity contribution is 0.0899. The van der Waals surface area contributed by atoms with E-state index >= 15 is 0 Å². The van der Waals surface area contributed by atoms with Gasteiger partial charge in [0.15, 0.2) is 0 Å². The van der Waals surface area contributed by atoms with E-state index in [1.54, 1.807) is 0 Å². The zero-order chi connectivity index (χ0) is 10.9. The van der Waals surface area contributed by atoms with Crippen LogP contribution in [0.15, 0.2) is 0 Å². The molecule has 0 radical (unpaired) electrons. The van der Waals surface area contributed by atoms with Gasteiger partial charge in [0.1, 0.15) is 0 Å². The number of likely N-dealkylation sites (tertiary alicyclic amines) is 1. The highest BCUT2D eigenvalue weighted by atomic mass is 16.5. The fourth-order valence-electron chi connectivity index (χ4n) is 2.09. The van der Waals surface area contributed by atoms with E-state index in [9.17, 15) is 0 Å². The van der Waals surface area contributed by atoms with Crippen LogP contribution in [0.1, 0.15) is 26.2 Å². The normalized spacial score (nSPS) is 19.6. The molecule has 1 N–H and O–H groups in total. The van der Waals surface area contributed by atoms with Crippen molar-refractivity contribution < 1.29 is 4.74 Å². The predicted octanol–water partition coefficient (Wildman–Crippen LogP) is 1.34. The maximum absolute atomic E-state index is 5.53. The zero-order valence-electron chi connectivity index (χ0n) is 10.3. The average Bonchev–Trinajstić information content (AvgIpc) is 2.30. The van der Waals surface area contributed by atoms with Crippen LogP contribution in [0.4, 0.5) is 0 Å². The first-order valence-corrected chi connectivity index (χ1v) is 6.31. The van der Waals surface area contributed by atoms with Gasteiger partial charge in [-0.25, -0.2) is 0 Å². The van der Waals surface area contributed by atoms with Crippen molar-refractivity contribution in [1.82, 2.24) is 10.2 Å². The molecule has 3 heteroatoms. The molecule has 1 aliphatic heterocycles. The Morgan fingerprint density at radius 1 is 1.27 bits per heavy atom. The molecule has 0 saturated carbocycles. The van der Waals surface area contributed by atoms with Crippen LogP contribution in [-0.4, -0.2) is 51.3 Å². The average molecular weight is 214 g/mol. The Morgan fingerprint density at radius 2 is 2.00 bits per heavy atom. The number of hydrogen-bond acceptors (Lipinski definition) is 3. The van der Waals surface area contributed by atoms with Crippen LogP contribution in [-0.2, 0) is 4.74 Å². The smallest absolute Gasteiger partial charge is 0.0594 e. The van der Waals surface area contributed by atoms with Crippen molar-refractivity contribution in [2.45, 2.75) is 26.2 Å². The van der Waals surface area contributed by atoms with Gasteiger partial charge in [-0.05, 0) is 38.9 Å². The Kier molecular flexibility index (Phi) is 6.98. The Hall–Kier alpha value is -0.120. The van der Waals surface area contributed by atoms with Crippen LogP contribution in [0.2, 0.25) is 0 Å². The molecular formula is C12H26N2O. The van der Waals surface area contributed by atoms with Crippen molar-refractivity contribution in [2.75, 3.05) is 46.4 Å². The highest BCUT2D eigenvalue weighted by molar-refractivity contribution is 4.70. The number of likely N-dealkylation sites (N-methyl/N-ethyl adjacent to an activating group) is 1. The monoisotopic (exact) mass is 214 g/mol. The molecule has 1 fully saturated rings. The van der Waals surface area contributed by atoms with Crippen molar-refractivity contribution >= 4 is 0 Å². The SMILES string of the molecule is CCC1CCN(CCOCCNC)CC1. The number of ether oxygens (including phenoxy) is 1. The van der Waals surface area contributed by atoms with Gasteiger partial charge in [-0.2, -0.15) is 0 Å². The highest BCUT2D eigenvalue weighted by Crippen LogP contribution is 2.19. The minimum absolute atomic E-state index is 0.835. The largest absolute Gasteiger partial charge is 0.379 e. The van der Waals surface area contributed by atoms with E-state index in [1.165, 1.54) is 32.4 Å². The molecule has 90 valence electrons. The zero-order valence-corrected chi connectivity index (χ0v) is 10.3. The van der Waals surface area contributed by atoms with E-state index in [1.807, 2.05) is 7.05 Å². The molecule has 0 amide bonds. The first-order valence-electron chi connectivity index (χ1n) is 6.31. The fraction of sp³-hybridized carbons (Fsp3) is 1.00. The van der Waals surface area contributed by atoms with Crippen molar-refractivity contribution in [3.63, 3.8) is 0 Å². The lowest BCUT2D eigenvalue weighted by atomic mass is 9.94. The summed E-state index contributed by atoms with van der Waals surface area (Å²) in [6.07, 6.45) is 4.12. The predicted molar refractivity (Wildman–Crippen MR) is 64.2 cm³/mol. The summed E-state index contributed by atoms with van der Waals surface area (Å²) in [6.45, 7) is 8.64. The van der Waals surface area contributed by atoms with Crippen LogP contribution in [0.3, 0.4) is 0 Å². The molecular weight excluding hydrogens is 188 g/mol. The van der Waals surface area contributed by atoms with E-state index in [4.69, 9.17) is 4.74 Å². The van der Waals surface area contributed by atoms with E-state index in [-0.39, 0.29) is 0 Å². The molecule has 0 aromatic rings. The van der Waals surface area contributed by atoms with Crippen LogP contribution in [0.25, 0.3) is 0 Å². The van der Waals surface area contributed by atoms with Crippen LogP contribution < -0.4 is 5.32 Å². The summed E-state index contributed by atoms with van der Waals surface area (Å²) < 4.78 is 5.53. The molecule has 1 heterocycles. The van der Waals surface area contributed by atoms with Crippen molar-refractivity contribution in [1.29, 1.82) is 0 Å². The Labute approximate surface area is 94.2 Å². The molecule has 0 aromatic heterocycles. The molecule has 1 aliphatic rings. The topological polar surface area (TPSA) is 24.5 Å². The lowest BCUT2D eigenvalue weighted by Gasteiger charge is -2.31. The van der Waals surface area contributed by atoms with Crippen molar-refractivity contribution in [2.24, 2.45) is 5.92 Å². The van der Waals surface area contributed by atoms with Crippen LogP contribution >= 0.6 is 0 Å². The van der Waals surface area contributed by atoms with Gasteiger partial charge in [0.05, 0.1) is 13.2 Å². The third-order valence-electron chi connectivity index (χ3n) is 3.33. The third kappa shape index (κ3) is 5.50. The standard InChI is InChI=1S/C12H26N2O/c1-3-12-4-7-14(8-5-12)9-11-15-10-6-13-2/h12-13H,3-11H2,1-2H3. The van der Waals surface area contributed by atoms with E-state index in [0.717, 1.165) is 32.2 Å². The summed E-state index contributed by atoms with van der Waals surface area (Å²) >= 11 is 0. The summed E-state index contributed by atoms with van der Waals surface area (Å²) in [4.78, 5) is 2.53. The minimum atomic E-state index is 0.835. The molecule has 0 bridgehead atoms. The van der Waals surface area contributed by atoms with Gasteiger partial charge in [0, 0.05) is 13.1 Å². The van der Waals surface area contributed by atoms with Gasteiger partial charge in [-0.1, -0.05) is 13.3 Å². The van der Waals surface area contributed by atoms with E-state index in [0.29, 0.717) is 0 Å². The Balaban J connectivity index is 1.94. The number of rotatable bonds is 7. The lowest BCUT2D eigenvalue weighted by Crippen LogP contribution is -2.36. The number of piperidine rings is 1. The first kappa shape index (κ1) is 12.9. The first-order chi connectivity index (χ1) is 7.36. The van der Waals surface area contributed by atoms with Gasteiger partial charge in [0.25, 0.3) is 0 Å². The van der Waals surface area contributed by atoms with E-state index < -0.39 is 0 Å². The molecule has 0 spiro atoms. The van der Waals surface area contributed by atoms with Crippen molar-refractivity contribution in [3.05, 3.63) is 0 Å². The fourth-order valence-corrected chi connectivity index (χ4v) is 2.09. The molecule has 0 atom stereocenters. The highest BCUT2D eigenvalue weighted by Gasteiger charge is 2.16. The maximum Gasteiger partial charge on any atom is 0.0594 e. The number of nitrogens with zero attached hydrogens (tertiary/aromatic N) is 1. The van der Waals surface area contributed by atoms with Crippen molar-refractivity contribution in [3.8, 4) is 0 Å². The number of nitrogens with one attached hydrogen (secondary N) is 1. The number of hydrogen-bond donors (Lipinski definition) is 1. The summed E-state index contributed by atoms with van der Waals surface area (Å²) in [5.41, 5.74) is 0. The quantitative estimate of drug-likeness (QED) is 0.647. The Morgan fingerprint density at radius 3 is 2.60 bits per heavy atom.